The van der Waals surface area contributed by atoms with Crippen LogP contribution in [0.1, 0.15) is 13.0 Å². The smallest absolute Gasteiger partial charge is 0.239 e. The molecule has 0 saturated carbocycles. The van der Waals surface area contributed by atoms with Gasteiger partial charge in [0.15, 0.2) is 0 Å². The second-order valence-electron chi connectivity index (χ2n) is 4.38. The lowest BCUT2D eigenvalue weighted by Crippen LogP contribution is -2.41. The zero-order valence-electron chi connectivity index (χ0n) is 10.1. The van der Waals surface area contributed by atoms with Crippen LogP contribution in [-0.4, -0.2) is 52.7 Å². The van der Waals surface area contributed by atoms with Crippen LogP contribution in [0.2, 0.25) is 0 Å². The van der Waals surface area contributed by atoms with E-state index in [1.54, 1.807) is 31.5 Å². The lowest BCUT2D eigenvalue weighted by atomic mass is 10.2. The number of ether oxygens (including phenoxy) is 1. The second kappa shape index (κ2) is 4.85. The fourth-order valence-corrected chi connectivity index (χ4v) is 2.21. The van der Waals surface area contributed by atoms with Gasteiger partial charge < -0.3 is 19.9 Å². The highest BCUT2D eigenvalue weighted by molar-refractivity contribution is 5.81. The molecule has 2 heterocycles. The maximum Gasteiger partial charge on any atom is 0.239 e. The number of rotatable bonds is 3. The van der Waals surface area contributed by atoms with Crippen molar-refractivity contribution in [2.75, 3.05) is 20.2 Å². The standard InChI is InChI=1S/C11H18N4O2/c1-8(12)11(16)15-5-9(10(6-15)17-2)14-4-3-13-7-14/h3-4,7-10H,5-6,12H2,1-2H3/t8-,9+,10-/m1/s1. The van der Waals surface area contributed by atoms with Crippen molar-refractivity contribution < 1.29 is 9.53 Å². The number of nitrogens with two attached hydrogens (primary N) is 1. The molecule has 0 radical (unpaired) electrons. The van der Waals surface area contributed by atoms with Gasteiger partial charge in [0, 0.05) is 32.6 Å². The molecular formula is C11H18N4O2. The van der Waals surface area contributed by atoms with Gasteiger partial charge in [-0.15, -0.1) is 0 Å². The van der Waals surface area contributed by atoms with Crippen LogP contribution in [0.4, 0.5) is 0 Å². The van der Waals surface area contributed by atoms with Crippen molar-refractivity contribution in [3.05, 3.63) is 18.7 Å². The van der Waals surface area contributed by atoms with Crippen LogP contribution >= 0.6 is 0 Å². The molecule has 0 spiro atoms. The Morgan fingerprint density at radius 2 is 2.35 bits per heavy atom. The number of imidazole rings is 1. The number of hydrogen-bond acceptors (Lipinski definition) is 4. The van der Waals surface area contributed by atoms with E-state index in [4.69, 9.17) is 10.5 Å². The van der Waals surface area contributed by atoms with E-state index in [9.17, 15) is 4.79 Å². The van der Waals surface area contributed by atoms with Gasteiger partial charge in [0.2, 0.25) is 5.91 Å². The number of carbonyl (C=O) groups excluding carboxylic acids is 1. The Balaban J connectivity index is 2.11. The highest BCUT2D eigenvalue weighted by Crippen LogP contribution is 2.24. The predicted octanol–water partition coefficient (Wildman–Crippen LogP) is -0.371. The maximum atomic E-state index is 11.8. The molecule has 2 N–H and O–H groups in total. The number of carbonyl (C=O) groups is 1. The van der Waals surface area contributed by atoms with Gasteiger partial charge in [-0.25, -0.2) is 4.98 Å². The minimum atomic E-state index is -0.464. The van der Waals surface area contributed by atoms with Crippen molar-refractivity contribution in [2.24, 2.45) is 5.73 Å². The first-order valence-electron chi connectivity index (χ1n) is 5.68. The molecule has 6 nitrogen and oxygen atoms in total. The molecule has 1 saturated heterocycles. The number of amides is 1. The molecule has 1 aliphatic rings. The van der Waals surface area contributed by atoms with Crippen LogP contribution in [-0.2, 0) is 9.53 Å². The third kappa shape index (κ3) is 2.32. The fourth-order valence-electron chi connectivity index (χ4n) is 2.21. The SMILES string of the molecule is CO[C@@H]1CN(C(=O)[C@@H](C)N)C[C@@H]1n1ccnc1. The highest BCUT2D eigenvalue weighted by atomic mass is 16.5. The van der Waals surface area contributed by atoms with E-state index in [0.717, 1.165) is 0 Å². The van der Waals surface area contributed by atoms with Crippen molar-refractivity contribution in [2.45, 2.75) is 25.1 Å². The molecule has 1 fully saturated rings. The van der Waals surface area contributed by atoms with Crippen molar-refractivity contribution in [3.63, 3.8) is 0 Å². The normalized spacial score (nSPS) is 26.2. The minimum absolute atomic E-state index is 0.00750. The van der Waals surface area contributed by atoms with Gasteiger partial charge in [0.05, 0.1) is 24.5 Å². The summed E-state index contributed by atoms with van der Waals surface area (Å²) in [5.74, 6) is -0.0327. The van der Waals surface area contributed by atoms with Crippen LogP contribution in [0.25, 0.3) is 0 Å². The molecule has 17 heavy (non-hydrogen) atoms. The van der Waals surface area contributed by atoms with Gasteiger partial charge in [-0.2, -0.15) is 0 Å². The summed E-state index contributed by atoms with van der Waals surface area (Å²) in [6, 6.07) is -0.348. The van der Waals surface area contributed by atoms with Crippen LogP contribution in [0.5, 0.6) is 0 Å². The molecular weight excluding hydrogens is 220 g/mol. The summed E-state index contributed by atoms with van der Waals surface area (Å²) < 4.78 is 7.40. The molecule has 94 valence electrons. The third-order valence-electron chi connectivity index (χ3n) is 3.15. The van der Waals surface area contributed by atoms with Crippen LogP contribution in [0.3, 0.4) is 0 Å². The highest BCUT2D eigenvalue weighted by Gasteiger charge is 2.36. The number of likely N-dealkylation sites (tertiary alicyclic amines) is 1. The van der Waals surface area contributed by atoms with Crippen molar-refractivity contribution in [1.82, 2.24) is 14.5 Å². The first-order valence-corrected chi connectivity index (χ1v) is 5.68. The summed E-state index contributed by atoms with van der Waals surface area (Å²) in [6.45, 7) is 2.91. The Kier molecular flexibility index (Phi) is 3.44. The zero-order chi connectivity index (χ0) is 12.4. The summed E-state index contributed by atoms with van der Waals surface area (Å²) >= 11 is 0. The maximum absolute atomic E-state index is 11.8. The van der Waals surface area contributed by atoms with Gasteiger partial charge >= 0.3 is 0 Å². The molecule has 6 heteroatoms. The summed E-state index contributed by atoms with van der Waals surface area (Å²) in [4.78, 5) is 17.6. The number of hydrogen-bond donors (Lipinski definition) is 1. The minimum Gasteiger partial charge on any atom is -0.377 e. The van der Waals surface area contributed by atoms with Gasteiger partial charge in [0.1, 0.15) is 0 Å². The van der Waals surface area contributed by atoms with Gasteiger partial charge in [-0.1, -0.05) is 0 Å². The Morgan fingerprint density at radius 1 is 1.59 bits per heavy atom. The lowest BCUT2D eigenvalue weighted by molar-refractivity contribution is -0.131. The third-order valence-corrected chi connectivity index (χ3v) is 3.15. The van der Waals surface area contributed by atoms with Crippen molar-refractivity contribution in [1.29, 1.82) is 0 Å². The Bertz CT molecular complexity index is 377. The fraction of sp³-hybridized carbons (Fsp3) is 0.636. The number of aromatic nitrogens is 2. The van der Waals surface area contributed by atoms with E-state index in [2.05, 4.69) is 4.98 Å². The van der Waals surface area contributed by atoms with Crippen molar-refractivity contribution in [3.8, 4) is 0 Å². The molecule has 2 rings (SSSR count). The van der Waals surface area contributed by atoms with E-state index < -0.39 is 6.04 Å². The van der Waals surface area contributed by atoms with Gasteiger partial charge in [-0.3, -0.25) is 4.79 Å². The largest absolute Gasteiger partial charge is 0.377 e. The topological polar surface area (TPSA) is 73.4 Å². The summed E-state index contributed by atoms with van der Waals surface area (Å²) in [6.07, 6.45) is 5.35. The average Bonchev–Trinajstić information content (AvgIpc) is 2.95. The van der Waals surface area contributed by atoms with Crippen LogP contribution in [0.15, 0.2) is 18.7 Å². The van der Waals surface area contributed by atoms with Gasteiger partial charge in [-0.05, 0) is 6.92 Å². The molecule has 0 aromatic carbocycles. The molecule has 1 aliphatic heterocycles. The van der Waals surface area contributed by atoms with E-state index in [1.807, 2.05) is 10.8 Å². The van der Waals surface area contributed by atoms with Crippen LogP contribution < -0.4 is 5.73 Å². The van der Waals surface area contributed by atoms with E-state index in [-0.39, 0.29) is 18.1 Å². The van der Waals surface area contributed by atoms with E-state index >= 15 is 0 Å². The number of nitrogens with zero attached hydrogens (tertiary/aromatic N) is 3. The monoisotopic (exact) mass is 238 g/mol. The molecule has 0 bridgehead atoms. The van der Waals surface area contributed by atoms with E-state index in [1.165, 1.54) is 0 Å². The first-order chi connectivity index (χ1) is 8.13. The molecule has 0 unspecified atom stereocenters. The molecule has 1 amide bonds. The molecule has 1 aromatic heterocycles. The summed E-state index contributed by atoms with van der Waals surface area (Å²) in [5.41, 5.74) is 5.62. The average molecular weight is 238 g/mol. The van der Waals surface area contributed by atoms with Crippen LogP contribution in [0, 0.1) is 0 Å². The van der Waals surface area contributed by atoms with E-state index in [0.29, 0.717) is 13.1 Å². The van der Waals surface area contributed by atoms with Crippen molar-refractivity contribution >= 4 is 5.91 Å². The Labute approximate surface area is 100 Å². The zero-order valence-corrected chi connectivity index (χ0v) is 10.1. The second-order valence-corrected chi connectivity index (χ2v) is 4.38. The summed E-state index contributed by atoms with van der Waals surface area (Å²) in [5, 5.41) is 0. The molecule has 1 aromatic rings. The quantitative estimate of drug-likeness (QED) is 0.779. The first kappa shape index (κ1) is 12.1. The summed E-state index contributed by atoms with van der Waals surface area (Å²) in [7, 11) is 1.66. The molecule has 0 aliphatic carbocycles. The van der Waals surface area contributed by atoms with Gasteiger partial charge in [0.25, 0.3) is 0 Å². The predicted molar refractivity (Wildman–Crippen MR) is 62.3 cm³/mol. The Morgan fingerprint density at radius 3 is 2.88 bits per heavy atom. The lowest BCUT2D eigenvalue weighted by Gasteiger charge is -2.18. The Hall–Kier alpha value is -1.40. The molecule has 3 atom stereocenters. The number of methoxy groups -OCH3 is 1.